The fraction of sp³-hybridized carbons (Fsp3) is 0.636. The first-order valence-electron chi connectivity index (χ1n) is 5.48. The molecule has 1 aliphatic rings. The largest absolute Gasteiger partial charge is 0.464 e. The van der Waals surface area contributed by atoms with Gasteiger partial charge < -0.3 is 9.73 Å². The summed E-state index contributed by atoms with van der Waals surface area (Å²) in [7, 11) is 0. The van der Waals surface area contributed by atoms with Crippen molar-refractivity contribution in [2.75, 3.05) is 26.2 Å². The molecule has 0 amide bonds. The zero-order valence-corrected chi connectivity index (χ0v) is 9.25. The van der Waals surface area contributed by atoms with Crippen LogP contribution in [0.5, 0.6) is 0 Å². The second kappa shape index (κ2) is 4.93. The van der Waals surface area contributed by atoms with E-state index in [0.29, 0.717) is 24.6 Å². The zero-order chi connectivity index (χ0) is 11.5. The Labute approximate surface area is 93.4 Å². The standard InChI is InChI=1S/C11H16F2N2O/c1-8-2-3-9(16-8)10(11(12)13)15-6-4-14-5-7-15/h2-3,10-11,14H,4-7H2,1H3/t10-/m0/s1. The van der Waals surface area contributed by atoms with Crippen molar-refractivity contribution >= 4 is 0 Å². The minimum absolute atomic E-state index is 0.370. The van der Waals surface area contributed by atoms with Gasteiger partial charge in [0.15, 0.2) is 0 Å². The number of nitrogens with zero attached hydrogens (tertiary/aromatic N) is 1. The SMILES string of the molecule is Cc1ccc([C@@H](C(F)F)N2CCNCC2)o1. The quantitative estimate of drug-likeness (QED) is 0.858. The Kier molecular flexibility index (Phi) is 3.56. The van der Waals surface area contributed by atoms with Gasteiger partial charge >= 0.3 is 0 Å². The maximum atomic E-state index is 13.1. The Bertz CT molecular complexity index is 334. The molecule has 1 fully saturated rings. The minimum atomic E-state index is -2.41. The summed E-state index contributed by atoms with van der Waals surface area (Å²) in [4.78, 5) is 1.78. The van der Waals surface area contributed by atoms with Gasteiger partial charge in [-0.05, 0) is 19.1 Å². The highest BCUT2D eigenvalue weighted by Gasteiger charge is 2.32. The third-order valence-corrected chi connectivity index (χ3v) is 2.84. The van der Waals surface area contributed by atoms with E-state index >= 15 is 0 Å². The molecule has 1 aromatic rings. The van der Waals surface area contributed by atoms with E-state index in [4.69, 9.17) is 4.42 Å². The monoisotopic (exact) mass is 230 g/mol. The molecule has 5 heteroatoms. The topological polar surface area (TPSA) is 28.4 Å². The van der Waals surface area contributed by atoms with Crippen LogP contribution in [0.2, 0.25) is 0 Å². The fourth-order valence-corrected chi connectivity index (χ4v) is 2.04. The third kappa shape index (κ3) is 2.41. The lowest BCUT2D eigenvalue weighted by Crippen LogP contribution is -2.46. The summed E-state index contributed by atoms with van der Waals surface area (Å²) in [5, 5.41) is 3.15. The number of hydrogen-bond donors (Lipinski definition) is 1. The number of alkyl halides is 2. The highest BCUT2D eigenvalue weighted by Crippen LogP contribution is 2.28. The number of hydrogen-bond acceptors (Lipinski definition) is 3. The van der Waals surface area contributed by atoms with E-state index in [-0.39, 0.29) is 0 Å². The third-order valence-electron chi connectivity index (χ3n) is 2.84. The van der Waals surface area contributed by atoms with E-state index in [1.54, 1.807) is 24.0 Å². The van der Waals surface area contributed by atoms with Crippen molar-refractivity contribution in [2.45, 2.75) is 19.4 Å². The smallest absolute Gasteiger partial charge is 0.261 e. The Hall–Kier alpha value is -0.940. The molecule has 1 N–H and O–H groups in total. The molecule has 2 rings (SSSR count). The molecule has 1 saturated heterocycles. The normalized spacial score (nSPS) is 20.2. The summed E-state index contributed by atoms with van der Waals surface area (Å²) in [5.41, 5.74) is 0. The van der Waals surface area contributed by atoms with Crippen LogP contribution in [0, 0.1) is 6.92 Å². The highest BCUT2D eigenvalue weighted by molar-refractivity contribution is 5.11. The van der Waals surface area contributed by atoms with Gasteiger partial charge in [0, 0.05) is 26.2 Å². The Balaban J connectivity index is 2.16. The van der Waals surface area contributed by atoms with E-state index in [1.165, 1.54) is 0 Å². The predicted octanol–water partition coefficient (Wildman–Crippen LogP) is 1.80. The molecule has 16 heavy (non-hydrogen) atoms. The zero-order valence-electron chi connectivity index (χ0n) is 9.25. The van der Waals surface area contributed by atoms with Crippen LogP contribution in [0.3, 0.4) is 0 Å². The molecule has 1 aliphatic heterocycles. The van der Waals surface area contributed by atoms with Gasteiger partial charge in [0.2, 0.25) is 0 Å². The van der Waals surface area contributed by atoms with E-state index in [1.807, 2.05) is 0 Å². The van der Waals surface area contributed by atoms with Crippen LogP contribution in [0.4, 0.5) is 8.78 Å². The molecular weight excluding hydrogens is 214 g/mol. The van der Waals surface area contributed by atoms with Crippen molar-refractivity contribution in [3.05, 3.63) is 23.7 Å². The van der Waals surface area contributed by atoms with Gasteiger partial charge in [-0.1, -0.05) is 0 Å². The van der Waals surface area contributed by atoms with Gasteiger partial charge in [-0.2, -0.15) is 0 Å². The number of nitrogens with one attached hydrogen (secondary N) is 1. The molecule has 1 aromatic heterocycles. The second-order valence-corrected chi connectivity index (χ2v) is 4.01. The van der Waals surface area contributed by atoms with Gasteiger partial charge in [0.05, 0.1) is 0 Å². The molecule has 0 radical (unpaired) electrons. The van der Waals surface area contributed by atoms with Crippen molar-refractivity contribution < 1.29 is 13.2 Å². The number of rotatable bonds is 3. The molecule has 0 bridgehead atoms. The van der Waals surface area contributed by atoms with Crippen molar-refractivity contribution in [3.63, 3.8) is 0 Å². The summed E-state index contributed by atoms with van der Waals surface area (Å²) in [6, 6.07) is 2.47. The van der Waals surface area contributed by atoms with Crippen molar-refractivity contribution in [1.29, 1.82) is 0 Å². The lowest BCUT2D eigenvalue weighted by molar-refractivity contribution is 0.00717. The van der Waals surface area contributed by atoms with Crippen molar-refractivity contribution in [3.8, 4) is 0 Å². The summed E-state index contributed by atoms with van der Waals surface area (Å²) in [6.07, 6.45) is -2.41. The summed E-state index contributed by atoms with van der Waals surface area (Å²) < 4.78 is 31.4. The van der Waals surface area contributed by atoms with Crippen LogP contribution in [-0.4, -0.2) is 37.5 Å². The number of aryl methyl sites for hydroxylation is 1. The molecule has 0 saturated carbocycles. The van der Waals surface area contributed by atoms with Crippen LogP contribution in [-0.2, 0) is 0 Å². The van der Waals surface area contributed by atoms with Crippen LogP contribution in [0.25, 0.3) is 0 Å². The first kappa shape index (κ1) is 11.5. The molecular formula is C11H16F2N2O. The molecule has 3 nitrogen and oxygen atoms in total. The van der Waals surface area contributed by atoms with Crippen LogP contribution in [0.15, 0.2) is 16.5 Å². The summed E-state index contributed by atoms with van der Waals surface area (Å²) in [5.74, 6) is 1.05. The minimum Gasteiger partial charge on any atom is -0.464 e. The van der Waals surface area contributed by atoms with Gasteiger partial charge in [-0.15, -0.1) is 0 Å². The number of furan rings is 1. The number of piperazine rings is 1. The predicted molar refractivity (Wildman–Crippen MR) is 56.6 cm³/mol. The molecule has 0 aliphatic carbocycles. The first-order chi connectivity index (χ1) is 7.68. The van der Waals surface area contributed by atoms with Gasteiger partial charge in [0.1, 0.15) is 17.6 Å². The van der Waals surface area contributed by atoms with E-state index < -0.39 is 12.5 Å². The summed E-state index contributed by atoms with van der Waals surface area (Å²) >= 11 is 0. The van der Waals surface area contributed by atoms with Gasteiger partial charge in [-0.3, -0.25) is 4.90 Å². The first-order valence-corrected chi connectivity index (χ1v) is 5.48. The lowest BCUT2D eigenvalue weighted by Gasteiger charge is -2.33. The van der Waals surface area contributed by atoms with Gasteiger partial charge in [0.25, 0.3) is 6.43 Å². The molecule has 1 atom stereocenters. The average molecular weight is 230 g/mol. The van der Waals surface area contributed by atoms with Crippen molar-refractivity contribution in [1.82, 2.24) is 10.2 Å². The molecule has 0 spiro atoms. The molecule has 0 aromatic carbocycles. The molecule has 2 heterocycles. The van der Waals surface area contributed by atoms with Crippen molar-refractivity contribution in [2.24, 2.45) is 0 Å². The van der Waals surface area contributed by atoms with Crippen LogP contribution in [0.1, 0.15) is 17.6 Å². The Morgan fingerprint density at radius 1 is 1.31 bits per heavy atom. The average Bonchev–Trinajstić information content (AvgIpc) is 2.66. The fourth-order valence-electron chi connectivity index (χ4n) is 2.04. The maximum absolute atomic E-state index is 13.1. The van der Waals surface area contributed by atoms with E-state index in [0.717, 1.165) is 13.1 Å². The Morgan fingerprint density at radius 2 is 2.00 bits per heavy atom. The Morgan fingerprint density at radius 3 is 2.50 bits per heavy atom. The summed E-state index contributed by atoms with van der Waals surface area (Å²) in [6.45, 7) is 4.54. The van der Waals surface area contributed by atoms with E-state index in [9.17, 15) is 8.78 Å². The molecule has 0 unspecified atom stereocenters. The highest BCUT2D eigenvalue weighted by atomic mass is 19.3. The maximum Gasteiger partial charge on any atom is 0.261 e. The van der Waals surface area contributed by atoms with Crippen LogP contribution >= 0.6 is 0 Å². The number of halogens is 2. The van der Waals surface area contributed by atoms with Crippen LogP contribution < -0.4 is 5.32 Å². The molecule has 90 valence electrons. The second-order valence-electron chi connectivity index (χ2n) is 4.01. The lowest BCUT2D eigenvalue weighted by atomic mass is 10.1. The van der Waals surface area contributed by atoms with Gasteiger partial charge in [-0.25, -0.2) is 8.78 Å². The van der Waals surface area contributed by atoms with E-state index in [2.05, 4.69) is 5.32 Å².